The SMILES string of the molecule is C[C@H](C[NH+](Cc1ccccc1)Cc1ccccc1)OC(=O)c1ccccc1F. The van der Waals surface area contributed by atoms with Crippen LogP contribution < -0.4 is 4.90 Å². The van der Waals surface area contributed by atoms with Crippen molar-refractivity contribution in [1.82, 2.24) is 0 Å². The van der Waals surface area contributed by atoms with Crippen LogP contribution in [0.2, 0.25) is 0 Å². The molecule has 3 aromatic carbocycles. The molecule has 0 aliphatic rings. The number of rotatable bonds is 8. The first-order valence-electron chi connectivity index (χ1n) is 9.49. The van der Waals surface area contributed by atoms with E-state index in [9.17, 15) is 9.18 Å². The summed E-state index contributed by atoms with van der Waals surface area (Å²) in [5, 5.41) is 0. The lowest BCUT2D eigenvalue weighted by molar-refractivity contribution is -0.930. The molecule has 0 heterocycles. The van der Waals surface area contributed by atoms with Crippen LogP contribution in [0.1, 0.15) is 28.4 Å². The van der Waals surface area contributed by atoms with E-state index in [4.69, 9.17) is 4.74 Å². The van der Waals surface area contributed by atoms with Gasteiger partial charge in [-0.1, -0.05) is 72.8 Å². The number of quaternary nitrogens is 1. The fourth-order valence-electron chi connectivity index (χ4n) is 3.30. The highest BCUT2D eigenvalue weighted by Crippen LogP contribution is 2.09. The number of ether oxygens (including phenoxy) is 1. The minimum absolute atomic E-state index is 0.0259. The third kappa shape index (κ3) is 5.76. The van der Waals surface area contributed by atoms with Crippen LogP contribution in [0.3, 0.4) is 0 Å². The molecule has 0 aliphatic carbocycles. The lowest BCUT2D eigenvalue weighted by atomic mass is 10.1. The number of halogens is 1. The van der Waals surface area contributed by atoms with Crippen LogP contribution in [0, 0.1) is 5.82 Å². The van der Waals surface area contributed by atoms with Crippen molar-refractivity contribution in [2.75, 3.05) is 6.54 Å². The quantitative estimate of drug-likeness (QED) is 0.607. The van der Waals surface area contributed by atoms with Crippen molar-refractivity contribution in [1.29, 1.82) is 0 Å². The zero-order valence-electron chi connectivity index (χ0n) is 16.0. The fourth-order valence-corrected chi connectivity index (χ4v) is 3.30. The zero-order chi connectivity index (χ0) is 19.8. The Morgan fingerprint density at radius 1 is 0.857 bits per heavy atom. The summed E-state index contributed by atoms with van der Waals surface area (Å²) in [5.74, 6) is -1.18. The van der Waals surface area contributed by atoms with Gasteiger partial charge in [-0.15, -0.1) is 0 Å². The maximum atomic E-state index is 13.8. The third-order valence-electron chi connectivity index (χ3n) is 4.57. The Bertz CT molecular complexity index is 842. The highest BCUT2D eigenvalue weighted by Gasteiger charge is 2.20. The molecular weight excluding hydrogens is 353 g/mol. The summed E-state index contributed by atoms with van der Waals surface area (Å²) < 4.78 is 19.3. The van der Waals surface area contributed by atoms with Crippen LogP contribution in [0.15, 0.2) is 84.9 Å². The average Bonchev–Trinajstić information content (AvgIpc) is 2.69. The lowest BCUT2D eigenvalue weighted by Gasteiger charge is -2.23. The van der Waals surface area contributed by atoms with E-state index in [1.54, 1.807) is 12.1 Å². The molecule has 3 rings (SSSR count). The molecule has 0 saturated carbocycles. The van der Waals surface area contributed by atoms with Gasteiger partial charge in [-0.2, -0.15) is 0 Å². The molecule has 144 valence electrons. The standard InChI is InChI=1S/C24H24FNO2/c1-19(28-24(27)22-14-8-9-15-23(22)25)16-26(17-20-10-4-2-5-11-20)18-21-12-6-3-7-13-21/h2-15,19H,16-18H2,1H3/p+1/t19-/m1/s1. The van der Waals surface area contributed by atoms with Crippen molar-refractivity contribution in [3.63, 3.8) is 0 Å². The molecule has 0 spiro atoms. The van der Waals surface area contributed by atoms with Crippen molar-refractivity contribution in [3.05, 3.63) is 107 Å². The van der Waals surface area contributed by atoms with Crippen LogP contribution in [0.5, 0.6) is 0 Å². The predicted octanol–water partition coefficient (Wildman–Crippen LogP) is 3.66. The average molecular weight is 378 g/mol. The van der Waals surface area contributed by atoms with Gasteiger partial charge in [0, 0.05) is 11.1 Å². The molecule has 0 radical (unpaired) electrons. The number of carbonyl (C=O) groups excluding carboxylic acids is 1. The smallest absolute Gasteiger partial charge is 0.341 e. The molecule has 0 saturated heterocycles. The van der Waals surface area contributed by atoms with Gasteiger partial charge in [-0.05, 0) is 19.1 Å². The number of nitrogens with one attached hydrogen (secondary N) is 1. The van der Waals surface area contributed by atoms with E-state index < -0.39 is 11.8 Å². The molecule has 28 heavy (non-hydrogen) atoms. The Labute approximate surface area is 165 Å². The van der Waals surface area contributed by atoms with Crippen molar-refractivity contribution in [2.45, 2.75) is 26.1 Å². The van der Waals surface area contributed by atoms with Crippen LogP contribution in [0.25, 0.3) is 0 Å². The van der Waals surface area contributed by atoms with Gasteiger partial charge >= 0.3 is 5.97 Å². The van der Waals surface area contributed by atoms with Gasteiger partial charge < -0.3 is 9.64 Å². The summed E-state index contributed by atoms with van der Waals surface area (Å²) >= 11 is 0. The van der Waals surface area contributed by atoms with Gasteiger partial charge in [0.1, 0.15) is 31.6 Å². The number of benzene rings is 3. The zero-order valence-corrected chi connectivity index (χ0v) is 16.0. The monoisotopic (exact) mass is 378 g/mol. The fraction of sp³-hybridized carbons (Fsp3) is 0.208. The van der Waals surface area contributed by atoms with Crippen LogP contribution in [0.4, 0.5) is 4.39 Å². The first kappa shape index (κ1) is 19.8. The van der Waals surface area contributed by atoms with Crippen molar-refractivity contribution in [2.24, 2.45) is 0 Å². The first-order valence-corrected chi connectivity index (χ1v) is 9.49. The van der Waals surface area contributed by atoms with Gasteiger partial charge in [0.05, 0.1) is 5.56 Å². The lowest BCUT2D eigenvalue weighted by Crippen LogP contribution is -3.10. The van der Waals surface area contributed by atoms with Gasteiger partial charge in [-0.25, -0.2) is 9.18 Å². The van der Waals surface area contributed by atoms with E-state index in [1.807, 2.05) is 43.3 Å². The predicted molar refractivity (Wildman–Crippen MR) is 107 cm³/mol. The maximum absolute atomic E-state index is 13.8. The molecular formula is C24H25FNO2+. The van der Waals surface area contributed by atoms with Crippen molar-refractivity contribution < 1.29 is 18.8 Å². The summed E-state index contributed by atoms with van der Waals surface area (Å²) in [6.45, 7) is 4.12. The number of carbonyl (C=O) groups is 1. The molecule has 0 aromatic heterocycles. The highest BCUT2D eigenvalue weighted by molar-refractivity contribution is 5.89. The molecule has 1 atom stereocenters. The summed E-state index contributed by atoms with van der Waals surface area (Å²) in [6.07, 6.45) is -0.338. The normalized spacial score (nSPS) is 12.0. The van der Waals surface area contributed by atoms with Gasteiger partial charge in [0.15, 0.2) is 0 Å². The van der Waals surface area contributed by atoms with Gasteiger partial charge in [0.2, 0.25) is 0 Å². The highest BCUT2D eigenvalue weighted by atomic mass is 19.1. The molecule has 0 bridgehead atoms. The summed E-state index contributed by atoms with van der Waals surface area (Å²) in [4.78, 5) is 13.6. The molecule has 0 fully saturated rings. The summed E-state index contributed by atoms with van der Waals surface area (Å²) in [7, 11) is 0. The molecule has 3 aromatic rings. The second-order valence-electron chi connectivity index (χ2n) is 6.97. The Morgan fingerprint density at radius 3 is 1.89 bits per heavy atom. The molecule has 0 amide bonds. The van der Waals surface area contributed by atoms with Crippen LogP contribution in [-0.2, 0) is 17.8 Å². The van der Waals surface area contributed by atoms with E-state index in [1.165, 1.54) is 28.2 Å². The Kier molecular flexibility index (Phi) is 6.93. The van der Waals surface area contributed by atoms with E-state index in [-0.39, 0.29) is 11.7 Å². The molecule has 1 N–H and O–H groups in total. The minimum Gasteiger partial charge on any atom is -0.453 e. The van der Waals surface area contributed by atoms with E-state index in [0.717, 1.165) is 13.1 Å². The first-order chi connectivity index (χ1) is 13.6. The van der Waals surface area contributed by atoms with Crippen molar-refractivity contribution >= 4 is 5.97 Å². The Morgan fingerprint density at radius 2 is 1.36 bits per heavy atom. The van der Waals surface area contributed by atoms with Gasteiger partial charge in [-0.3, -0.25) is 0 Å². The molecule has 3 nitrogen and oxygen atoms in total. The minimum atomic E-state index is -0.621. The number of hydrogen-bond acceptors (Lipinski definition) is 2. The second kappa shape index (κ2) is 9.81. The summed E-state index contributed by atoms with van der Waals surface area (Å²) in [5.41, 5.74) is 2.42. The van der Waals surface area contributed by atoms with E-state index in [2.05, 4.69) is 24.3 Å². The van der Waals surface area contributed by atoms with E-state index in [0.29, 0.717) is 6.54 Å². The topological polar surface area (TPSA) is 30.7 Å². The molecule has 0 unspecified atom stereocenters. The van der Waals surface area contributed by atoms with E-state index >= 15 is 0 Å². The second-order valence-corrected chi connectivity index (χ2v) is 6.97. The molecule has 4 heteroatoms. The largest absolute Gasteiger partial charge is 0.453 e. The molecule has 0 aliphatic heterocycles. The van der Waals surface area contributed by atoms with Crippen LogP contribution >= 0.6 is 0 Å². The van der Waals surface area contributed by atoms with Gasteiger partial charge in [0.25, 0.3) is 0 Å². The number of hydrogen-bond donors (Lipinski definition) is 1. The maximum Gasteiger partial charge on any atom is 0.341 e. The van der Waals surface area contributed by atoms with Crippen LogP contribution in [-0.4, -0.2) is 18.6 Å². The third-order valence-corrected chi connectivity index (χ3v) is 4.57. The van der Waals surface area contributed by atoms with Crippen molar-refractivity contribution in [3.8, 4) is 0 Å². The Balaban J connectivity index is 1.67. The summed E-state index contributed by atoms with van der Waals surface area (Å²) in [6, 6.07) is 26.4. The Hall–Kier alpha value is -2.98. The number of esters is 1.